The minimum Gasteiger partial charge on any atom is -0.355 e. The van der Waals surface area contributed by atoms with Crippen molar-refractivity contribution in [2.75, 3.05) is 0 Å². The maximum atomic E-state index is 10.3. The quantitative estimate of drug-likeness (QED) is 0.466. The van der Waals surface area contributed by atoms with Crippen LogP contribution < -0.4 is 5.00 Å². The molecule has 0 aromatic carbocycles. The molecule has 0 aromatic heterocycles. The van der Waals surface area contributed by atoms with E-state index >= 15 is 0 Å². The molecule has 0 rings (SSSR count). The van der Waals surface area contributed by atoms with Crippen LogP contribution in [-0.2, 0) is 9.63 Å². The number of nitrogens with one attached hydrogen (secondary N) is 1. The second kappa shape index (κ2) is 4.87. The molecule has 0 aromatic rings. The average Bonchev–Trinajstić information content (AvgIpc) is 1.68. The normalized spacial score (nSPS) is 8.75. The fourth-order valence-electron chi connectivity index (χ4n) is 0.298. The summed E-state index contributed by atoms with van der Waals surface area (Å²) in [7, 11) is 0. The molecule has 0 aliphatic rings. The molecular formula is C4H8ClNO2. The lowest BCUT2D eigenvalue weighted by molar-refractivity contribution is -0.147. The largest absolute Gasteiger partial charge is 0.355 e. The molecule has 0 aliphatic heterocycles. The summed E-state index contributed by atoms with van der Waals surface area (Å²) in [5.74, 6) is -0.331. The van der Waals surface area contributed by atoms with Crippen LogP contribution in [0.2, 0.25) is 0 Å². The maximum Gasteiger partial charge on any atom is 0.326 e. The lowest BCUT2D eigenvalue weighted by atomic mass is 10.3. The van der Waals surface area contributed by atoms with Gasteiger partial charge in [0.15, 0.2) is 0 Å². The number of carbonyl (C=O) groups excluding carboxylic acids is 1. The number of hydrogen-bond donors (Lipinski definition) is 1. The zero-order chi connectivity index (χ0) is 6.41. The van der Waals surface area contributed by atoms with Gasteiger partial charge < -0.3 is 4.84 Å². The van der Waals surface area contributed by atoms with Gasteiger partial charge in [0.2, 0.25) is 0 Å². The molecule has 0 spiro atoms. The van der Waals surface area contributed by atoms with E-state index in [0.717, 1.165) is 6.42 Å². The first-order chi connectivity index (χ1) is 3.81. The van der Waals surface area contributed by atoms with E-state index in [1.165, 1.54) is 0 Å². The van der Waals surface area contributed by atoms with E-state index in [0.29, 0.717) is 6.42 Å². The molecule has 0 atom stereocenters. The van der Waals surface area contributed by atoms with Gasteiger partial charge in [0.05, 0.1) is 0 Å². The van der Waals surface area contributed by atoms with E-state index in [1.807, 2.05) is 6.92 Å². The molecule has 0 saturated heterocycles. The van der Waals surface area contributed by atoms with Crippen molar-refractivity contribution in [3.05, 3.63) is 0 Å². The van der Waals surface area contributed by atoms with Crippen molar-refractivity contribution in [2.24, 2.45) is 0 Å². The van der Waals surface area contributed by atoms with Crippen molar-refractivity contribution >= 4 is 17.7 Å². The summed E-state index contributed by atoms with van der Waals surface area (Å²) in [5, 5.41) is 0. The SMILES string of the molecule is CCCC(=O)ONCl. The number of carbonyl (C=O) groups is 1. The van der Waals surface area contributed by atoms with E-state index in [4.69, 9.17) is 11.8 Å². The van der Waals surface area contributed by atoms with Gasteiger partial charge in [-0.15, -0.1) is 0 Å². The molecule has 48 valence electrons. The zero-order valence-electron chi connectivity index (χ0n) is 4.61. The molecule has 1 N–H and O–H groups in total. The van der Waals surface area contributed by atoms with Gasteiger partial charge in [0, 0.05) is 18.2 Å². The van der Waals surface area contributed by atoms with Gasteiger partial charge in [-0.3, -0.25) is 4.79 Å². The van der Waals surface area contributed by atoms with Crippen LogP contribution in [0.5, 0.6) is 0 Å². The van der Waals surface area contributed by atoms with Gasteiger partial charge in [0.1, 0.15) is 0 Å². The molecule has 3 nitrogen and oxygen atoms in total. The molecule has 0 saturated carbocycles. The van der Waals surface area contributed by atoms with Gasteiger partial charge in [-0.25, -0.2) is 0 Å². The second-order valence-corrected chi connectivity index (χ2v) is 1.46. The second-order valence-electron chi connectivity index (χ2n) is 1.30. The Morgan fingerprint density at radius 2 is 2.50 bits per heavy atom. The van der Waals surface area contributed by atoms with Crippen LogP contribution in [0.4, 0.5) is 0 Å². The first kappa shape index (κ1) is 7.72. The highest BCUT2D eigenvalue weighted by Gasteiger charge is 1.96. The van der Waals surface area contributed by atoms with Crippen molar-refractivity contribution < 1.29 is 9.63 Å². The van der Waals surface area contributed by atoms with Crippen LogP contribution in [-0.4, -0.2) is 5.97 Å². The Bertz CT molecular complexity index is 68.4. The smallest absolute Gasteiger partial charge is 0.326 e. The number of rotatable bonds is 3. The highest BCUT2D eigenvalue weighted by Crippen LogP contribution is 1.87. The predicted octanol–water partition coefficient (Wildman–Crippen LogP) is 0.988. The molecule has 0 fully saturated rings. The van der Waals surface area contributed by atoms with E-state index in [-0.39, 0.29) is 5.97 Å². The molecule has 0 amide bonds. The molecule has 0 heterocycles. The molecule has 0 radical (unpaired) electrons. The van der Waals surface area contributed by atoms with Crippen LogP contribution in [0.3, 0.4) is 0 Å². The van der Waals surface area contributed by atoms with Gasteiger partial charge in [-0.2, -0.15) is 0 Å². The van der Waals surface area contributed by atoms with Crippen LogP contribution in [0.25, 0.3) is 0 Å². The minimum atomic E-state index is -0.331. The monoisotopic (exact) mass is 137 g/mol. The summed E-state index contributed by atoms with van der Waals surface area (Å²) >= 11 is 4.84. The highest BCUT2D eigenvalue weighted by atomic mass is 35.5. The Kier molecular flexibility index (Phi) is 4.70. The number of hydrogen-bond acceptors (Lipinski definition) is 3. The predicted molar refractivity (Wildman–Crippen MR) is 30.0 cm³/mol. The van der Waals surface area contributed by atoms with Crippen molar-refractivity contribution in [1.29, 1.82) is 0 Å². The highest BCUT2D eigenvalue weighted by molar-refractivity contribution is 6.13. The summed E-state index contributed by atoms with van der Waals surface area (Å²) in [6.07, 6.45) is 1.18. The van der Waals surface area contributed by atoms with E-state index in [1.54, 1.807) is 5.00 Å². The first-order valence-electron chi connectivity index (χ1n) is 2.36. The molecule has 0 unspecified atom stereocenters. The Morgan fingerprint density at radius 1 is 1.88 bits per heavy atom. The fourth-order valence-corrected chi connectivity index (χ4v) is 0.384. The minimum absolute atomic E-state index is 0.331. The van der Waals surface area contributed by atoms with E-state index in [9.17, 15) is 4.79 Å². The standard InChI is InChI=1S/C4H8ClNO2/c1-2-3-4(7)8-6-5/h6H,2-3H2,1H3. The Labute approximate surface area is 53.0 Å². The number of halogens is 1. The Morgan fingerprint density at radius 3 is 2.88 bits per heavy atom. The van der Waals surface area contributed by atoms with Gasteiger partial charge in [-0.05, 0) is 6.42 Å². The molecule has 8 heavy (non-hydrogen) atoms. The molecule has 0 aliphatic carbocycles. The van der Waals surface area contributed by atoms with Crippen LogP contribution in [0.1, 0.15) is 19.8 Å². The Balaban J connectivity index is 3.06. The third-order valence-electron chi connectivity index (χ3n) is 0.607. The fraction of sp³-hybridized carbons (Fsp3) is 0.750. The van der Waals surface area contributed by atoms with Gasteiger partial charge in [-0.1, -0.05) is 11.9 Å². The van der Waals surface area contributed by atoms with Gasteiger partial charge in [0.25, 0.3) is 0 Å². The van der Waals surface area contributed by atoms with Crippen LogP contribution >= 0.6 is 11.8 Å². The lowest BCUT2D eigenvalue weighted by Crippen LogP contribution is -2.09. The molecular weight excluding hydrogens is 130 g/mol. The summed E-state index contributed by atoms with van der Waals surface area (Å²) in [5.41, 5.74) is 0. The van der Waals surface area contributed by atoms with Crippen molar-refractivity contribution in [2.45, 2.75) is 19.8 Å². The van der Waals surface area contributed by atoms with Crippen molar-refractivity contribution in [3.8, 4) is 0 Å². The topological polar surface area (TPSA) is 38.3 Å². The first-order valence-corrected chi connectivity index (χ1v) is 2.74. The maximum absolute atomic E-state index is 10.3. The lowest BCUT2D eigenvalue weighted by Gasteiger charge is -1.94. The molecule has 0 bridgehead atoms. The van der Waals surface area contributed by atoms with Crippen LogP contribution in [0.15, 0.2) is 0 Å². The van der Waals surface area contributed by atoms with E-state index < -0.39 is 0 Å². The third-order valence-corrected chi connectivity index (χ3v) is 0.684. The Hall–Kier alpha value is -0.280. The summed E-state index contributed by atoms with van der Waals surface area (Å²) in [6, 6.07) is 0. The third kappa shape index (κ3) is 3.89. The summed E-state index contributed by atoms with van der Waals surface area (Å²) in [6.45, 7) is 1.88. The summed E-state index contributed by atoms with van der Waals surface area (Å²) < 4.78 is 0. The van der Waals surface area contributed by atoms with Crippen molar-refractivity contribution in [1.82, 2.24) is 5.00 Å². The van der Waals surface area contributed by atoms with Crippen LogP contribution in [0, 0.1) is 0 Å². The summed E-state index contributed by atoms with van der Waals surface area (Å²) in [4.78, 5) is 16.2. The van der Waals surface area contributed by atoms with E-state index in [2.05, 4.69) is 4.84 Å². The molecule has 4 heteroatoms. The zero-order valence-corrected chi connectivity index (χ0v) is 5.36. The average molecular weight is 138 g/mol. The van der Waals surface area contributed by atoms with Crippen molar-refractivity contribution in [3.63, 3.8) is 0 Å². The van der Waals surface area contributed by atoms with Gasteiger partial charge >= 0.3 is 5.97 Å².